The Morgan fingerprint density at radius 1 is 1.32 bits per heavy atom. The molecule has 144 valence electrons. The van der Waals surface area contributed by atoms with Crippen LogP contribution < -0.4 is 10.1 Å². The lowest BCUT2D eigenvalue weighted by molar-refractivity contribution is -0.124. The summed E-state index contributed by atoms with van der Waals surface area (Å²) >= 11 is 0. The van der Waals surface area contributed by atoms with E-state index in [1.165, 1.54) is 0 Å². The van der Waals surface area contributed by atoms with Crippen LogP contribution in [0, 0.1) is 13.8 Å². The van der Waals surface area contributed by atoms with E-state index in [1.807, 2.05) is 39.0 Å². The highest BCUT2D eigenvalue weighted by Crippen LogP contribution is 2.32. The Hall–Kier alpha value is -3.22. The minimum Gasteiger partial charge on any atom is -0.488 e. The molecule has 2 unspecified atom stereocenters. The summed E-state index contributed by atoms with van der Waals surface area (Å²) in [5.74, 6) is 0.796. The number of ether oxygens (including phenoxy) is 1. The van der Waals surface area contributed by atoms with Crippen LogP contribution in [-0.4, -0.2) is 38.3 Å². The van der Waals surface area contributed by atoms with Crippen molar-refractivity contribution in [2.75, 3.05) is 6.54 Å². The molecule has 7 heteroatoms. The van der Waals surface area contributed by atoms with Crippen molar-refractivity contribution in [3.8, 4) is 17.0 Å². The summed E-state index contributed by atoms with van der Waals surface area (Å²) in [4.78, 5) is 21.0. The van der Waals surface area contributed by atoms with Crippen molar-refractivity contribution in [1.29, 1.82) is 0 Å². The lowest BCUT2D eigenvalue weighted by atomic mass is 10.0. The van der Waals surface area contributed by atoms with Crippen LogP contribution in [0.15, 0.2) is 42.9 Å². The number of benzene rings is 1. The molecule has 0 fully saturated rings. The van der Waals surface area contributed by atoms with Gasteiger partial charge in [-0.1, -0.05) is 0 Å². The fraction of sp³-hybridized carbons (Fsp3) is 0.333. The third kappa shape index (κ3) is 3.60. The summed E-state index contributed by atoms with van der Waals surface area (Å²) in [6.07, 6.45) is 5.75. The Kier molecular flexibility index (Phi) is 4.81. The number of nitrogens with zero attached hydrogens (tertiary/aromatic N) is 4. The maximum Gasteiger partial charge on any atom is 0.244 e. The van der Waals surface area contributed by atoms with Crippen molar-refractivity contribution in [2.24, 2.45) is 0 Å². The Morgan fingerprint density at radius 2 is 2.18 bits per heavy atom. The van der Waals surface area contributed by atoms with Gasteiger partial charge < -0.3 is 10.1 Å². The second-order valence-electron chi connectivity index (χ2n) is 7.15. The molecule has 1 aliphatic rings. The normalized spacial score (nSPS) is 16.3. The van der Waals surface area contributed by atoms with Crippen molar-refractivity contribution in [3.63, 3.8) is 0 Å². The summed E-state index contributed by atoms with van der Waals surface area (Å²) < 4.78 is 7.74. The number of carbonyl (C=O) groups excluding carboxylic acids is 1. The van der Waals surface area contributed by atoms with Gasteiger partial charge in [0, 0.05) is 30.1 Å². The van der Waals surface area contributed by atoms with Crippen LogP contribution in [0.4, 0.5) is 0 Å². The van der Waals surface area contributed by atoms with E-state index in [0.717, 1.165) is 40.4 Å². The molecule has 0 radical (unpaired) electrons. The molecule has 3 aromatic rings. The first-order valence-corrected chi connectivity index (χ1v) is 9.37. The summed E-state index contributed by atoms with van der Waals surface area (Å²) in [6, 6.07) is 7.63. The standard InChI is InChI=1S/C21H23N5O2/c1-13-8-14(2)26(25-13)15(3)21(27)24-11-18-10-17-9-16(4-5-20(17)28-18)19-12-22-6-7-23-19/h4-9,12,15,18H,10-11H2,1-3H3,(H,24,27). The second-order valence-corrected chi connectivity index (χ2v) is 7.15. The zero-order chi connectivity index (χ0) is 19.7. The highest BCUT2D eigenvalue weighted by atomic mass is 16.5. The number of hydrogen-bond acceptors (Lipinski definition) is 5. The maximum absolute atomic E-state index is 12.5. The number of hydrogen-bond donors (Lipinski definition) is 1. The molecule has 2 aromatic heterocycles. The van der Waals surface area contributed by atoms with E-state index in [1.54, 1.807) is 23.3 Å². The molecule has 28 heavy (non-hydrogen) atoms. The predicted octanol–water partition coefficient (Wildman–Crippen LogP) is 2.64. The molecule has 1 aromatic carbocycles. The van der Waals surface area contributed by atoms with Gasteiger partial charge in [-0.2, -0.15) is 5.10 Å². The molecular weight excluding hydrogens is 354 g/mol. The second kappa shape index (κ2) is 7.42. The van der Waals surface area contributed by atoms with E-state index < -0.39 is 0 Å². The summed E-state index contributed by atoms with van der Waals surface area (Å²) in [7, 11) is 0. The Bertz CT molecular complexity index is 999. The average molecular weight is 377 g/mol. The highest BCUT2D eigenvalue weighted by Gasteiger charge is 2.25. The van der Waals surface area contributed by atoms with Gasteiger partial charge in [-0.25, -0.2) is 0 Å². The van der Waals surface area contributed by atoms with E-state index in [9.17, 15) is 4.79 Å². The number of rotatable bonds is 5. The van der Waals surface area contributed by atoms with Crippen molar-refractivity contribution >= 4 is 5.91 Å². The minimum absolute atomic E-state index is 0.0639. The average Bonchev–Trinajstić information content (AvgIpc) is 3.27. The van der Waals surface area contributed by atoms with Gasteiger partial charge in [-0.3, -0.25) is 19.4 Å². The molecule has 2 atom stereocenters. The van der Waals surface area contributed by atoms with Gasteiger partial charge in [0.15, 0.2) is 0 Å². The lowest BCUT2D eigenvalue weighted by Crippen LogP contribution is -2.38. The topological polar surface area (TPSA) is 81.9 Å². The fourth-order valence-corrected chi connectivity index (χ4v) is 3.55. The van der Waals surface area contributed by atoms with Crippen molar-refractivity contribution in [3.05, 3.63) is 59.8 Å². The summed E-state index contributed by atoms with van der Waals surface area (Å²) in [6.45, 7) is 6.19. The Morgan fingerprint density at radius 3 is 2.89 bits per heavy atom. The van der Waals surface area contributed by atoms with Crippen LogP contribution in [0.1, 0.15) is 29.9 Å². The lowest BCUT2D eigenvalue weighted by Gasteiger charge is -2.17. The van der Waals surface area contributed by atoms with Crippen LogP contribution in [0.2, 0.25) is 0 Å². The molecule has 4 rings (SSSR count). The maximum atomic E-state index is 12.5. The predicted molar refractivity (Wildman–Crippen MR) is 105 cm³/mol. The van der Waals surface area contributed by atoms with Gasteiger partial charge in [-0.15, -0.1) is 0 Å². The zero-order valence-electron chi connectivity index (χ0n) is 16.2. The molecular formula is C21H23N5O2. The Balaban J connectivity index is 1.37. The molecule has 1 amide bonds. The van der Waals surface area contributed by atoms with E-state index in [0.29, 0.717) is 6.54 Å². The van der Waals surface area contributed by atoms with Crippen LogP contribution in [0.25, 0.3) is 11.3 Å². The van der Waals surface area contributed by atoms with Gasteiger partial charge in [-0.05, 0) is 50.6 Å². The molecule has 0 bridgehead atoms. The smallest absolute Gasteiger partial charge is 0.244 e. The minimum atomic E-state index is -0.360. The van der Waals surface area contributed by atoms with Gasteiger partial charge in [0.05, 0.1) is 24.1 Å². The largest absolute Gasteiger partial charge is 0.488 e. The van der Waals surface area contributed by atoms with Crippen LogP contribution in [-0.2, 0) is 11.2 Å². The van der Waals surface area contributed by atoms with E-state index in [-0.39, 0.29) is 18.1 Å². The first kappa shape index (κ1) is 18.2. The molecule has 1 aliphatic heterocycles. The number of nitrogens with one attached hydrogen (secondary N) is 1. The molecule has 0 aliphatic carbocycles. The summed E-state index contributed by atoms with van der Waals surface area (Å²) in [5.41, 5.74) is 4.85. The van der Waals surface area contributed by atoms with E-state index in [2.05, 4.69) is 26.4 Å². The van der Waals surface area contributed by atoms with Gasteiger partial charge in [0.2, 0.25) is 5.91 Å². The van der Waals surface area contributed by atoms with Crippen molar-refractivity contribution in [1.82, 2.24) is 25.1 Å². The zero-order valence-corrected chi connectivity index (χ0v) is 16.2. The van der Waals surface area contributed by atoms with Gasteiger partial charge >= 0.3 is 0 Å². The van der Waals surface area contributed by atoms with Crippen molar-refractivity contribution < 1.29 is 9.53 Å². The van der Waals surface area contributed by atoms with Crippen LogP contribution in [0.3, 0.4) is 0 Å². The molecule has 1 N–H and O–H groups in total. The number of carbonyl (C=O) groups is 1. The van der Waals surface area contributed by atoms with Gasteiger partial charge in [0.25, 0.3) is 0 Å². The van der Waals surface area contributed by atoms with Crippen LogP contribution >= 0.6 is 0 Å². The first-order chi connectivity index (χ1) is 13.5. The highest BCUT2D eigenvalue weighted by molar-refractivity contribution is 5.79. The third-order valence-corrected chi connectivity index (χ3v) is 4.96. The van der Waals surface area contributed by atoms with Gasteiger partial charge in [0.1, 0.15) is 17.9 Å². The number of amides is 1. The summed E-state index contributed by atoms with van der Waals surface area (Å²) in [5, 5.41) is 7.39. The fourth-order valence-electron chi connectivity index (χ4n) is 3.55. The first-order valence-electron chi connectivity index (χ1n) is 9.37. The number of aromatic nitrogens is 4. The Labute approximate surface area is 163 Å². The molecule has 0 saturated carbocycles. The third-order valence-electron chi connectivity index (χ3n) is 4.96. The monoisotopic (exact) mass is 377 g/mol. The molecule has 7 nitrogen and oxygen atoms in total. The SMILES string of the molecule is Cc1cc(C)n(C(C)C(=O)NCC2Cc3cc(-c4cnccn4)ccc3O2)n1. The molecule has 3 heterocycles. The van der Waals surface area contributed by atoms with Crippen LogP contribution in [0.5, 0.6) is 5.75 Å². The van der Waals surface area contributed by atoms with Crippen molar-refractivity contribution in [2.45, 2.75) is 39.3 Å². The van der Waals surface area contributed by atoms with E-state index in [4.69, 9.17) is 4.74 Å². The quantitative estimate of drug-likeness (QED) is 0.739. The molecule has 0 spiro atoms. The van der Waals surface area contributed by atoms with E-state index >= 15 is 0 Å². The number of fused-ring (bicyclic) bond motifs is 1. The molecule has 0 saturated heterocycles. The number of aryl methyl sites for hydroxylation is 2.